The van der Waals surface area contributed by atoms with E-state index in [2.05, 4.69) is 0 Å². The first kappa shape index (κ1) is 13.4. The van der Waals surface area contributed by atoms with E-state index in [0.29, 0.717) is 13.1 Å². The van der Waals surface area contributed by atoms with Crippen LogP contribution < -0.4 is 0 Å². The highest BCUT2D eigenvalue weighted by molar-refractivity contribution is 6.31. The minimum absolute atomic E-state index is 0.0169. The van der Waals surface area contributed by atoms with Gasteiger partial charge >= 0.3 is 0 Å². The summed E-state index contributed by atoms with van der Waals surface area (Å²) in [6, 6.07) is 7.70. The molecule has 4 heteroatoms. The minimum Gasteiger partial charge on any atom is -0.395 e. The molecule has 0 aromatic heterocycles. The number of rotatable bonds is 5. The summed E-state index contributed by atoms with van der Waals surface area (Å²) in [6.45, 7) is 3.01. The van der Waals surface area contributed by atoms with E-state index in [4.69, 9.17) is 16.7 Å². The van der Waals surface area contributed by atoms with Gasteiger partial charge in [0.2, 0.25) is 5.91 Å². The number of aliphatic hydroxyl groups is 1. The third-order valence-electron chi connectivity index (χ3n) is 3.48. The second kappa shape index (κ2) is 5.72. The predicted octanol–water partition coefficient (Wildman–Crippen LogP) is 2.28. The number of hydrogen-bond donors (Lipinski definition) is 1. The van der Waals surface area contributed by atoms with Crippen LogP contribution in [0, 0.1) is 5.92 Å². The second-order valence-electron chi connectivity index (χ2n) is 4.61. The summed E-state index contributed by atoms with van der Waals surface area (Å²) in [6.07, 6.45) is 0.866. The van der Waals surface area contributed by atoms with Crippen LogP contribution in [-0.2, 0) is 4.79 Å². The van der Waals surface area contributed by atoms with E-state index in [1.165, 1.54) is 0 Å². The van der Waals surface area contributed by atoms with E-state index in [-0.39, 0.29) is 24.3 Å². The van der Waals surface area contributed by atoms with Crippen molar-refractivity contribution in [2.75, 3.05) is 19.7 Å². The molecule has 1 aromatic rings. The van der Waals surface area contributed by atoms with Gasteiger partial charge in [-0.2, -0.15) is 0 Å². The van der Waals surface area contributed by atoms with Gasteiger partial charge < -0.3 is 10.0 Å². The lowest BCUT2D eigenvalue weighted by Crippen LogP contribution is -2.34. The number of benzene rings is 1. The normalized spacial score (nSPS) is 21.7. The Morgan fingerprint density at radius 3 is 2.83 bits per heavy atom. The Balaban J connectivity index is 2.03. The van der Waals surface area contributed by atoms with Gasteiger partial charge in [0.05, 0.1) is 6.61 Å². The van der Waals surface area contributed by atoms with Crippen LogP contribution in [-0.4, -0.2) is 35.6 Å². The highest BCUT2D eigenvalue weighted by atomic mass is 35.5. The van der Waals surface area contributed by atoms with E-state index in [1.807, 2.05) is 31.2 Å². The Morgan fingerprint density at radius 2 is 2.22 bits per heavy atom. The average molecular weight is 268 g/mol. The summed E-state index contributed by atoms with van der Waals surface area (Å²) < 4.78 is 0. The number of carbonyl (C=O) groups excluding carboxylic acids is 1. The number of carbonyl (C=O) groups is 1. The predicted molar refractivity (Wildman–Crippen MR) is 71.6 cm³/mol. The Morgan fingerprint density at radius 1 is 1.50 bits per heavy atom. The Hall–Kier alpha value is -1.06. The van der Waals surface area contributed by atoms with Crippen molar-refractivity contribution in [3.05, 3.63) is 34.9 Å². The Bertz CT molecular complexity index is 436. The summed E-state index contributed by atoms with van der Waals surface area (Å²) in [4.78, 5) is 13.9. The van der Waals surface area contributed by atoms with Crippen LogP contribution in [0.4, 0.5) is 0 Å². The first-order chi connectivity index (χ1) is 8.69. The molecular formula is C14H18ClNO2. The van der Waals surface area contributed by atoms with E-state index in [0.717, 1.165) is 17.0 Å². The van der Waals surface area contributed by atoms with Crippen molar-refractivity contribution in [2.24, 2.45) is 5.92 Å². The zero-order chi connectivity index (χ0) is 13.1. The van der Waals surface area contributed by atoms with Crippen molar-refractivity contribution in [3.63, 3.8) is 0 Å². The summed E-state index contributed by atoms with van der Waals surface area (Å²) in [5.74, 6) is 0.423. The largest absolute Gasteiger partial charge is 0.395 e. The molecule has 98 valence electrons. The average Bonchev–Trinajstić information content (AvgIpc) is 3.16. The van der Waals surface area contributed by atoms with Crippen LogP contribution in [0.1, 0.15) is 24.8 Å². The lowest BCUT2D eigenvalue weighted by molar-refractivity contribution is -0.133. The smallest absolute Gasteiger partial charge is 0.226 e. The lowest BCUT2D eigenvalue weighted by Gasteiger charge is -2.19. The molecule has 0 radical (unpaired) electrons. The van der Waals surface area contributed by atoms with Gasteiger partial charge in [-0.3, -0.25) is 4.79 Å². The molecule has 2 unspecified atom stereocenters. The molecule has 1 aliphatic carbocycles. The topological polar surface area (TPSA) is 40.5 Å². The van der Waals surface area contributed by atoms with Gasteiger partial charge in [-0.15, -0.1) is 0 Å². The molecule has 0 aliphatic heterocycles. The van der Waals surface area contributed by atoms with E-state index >= 15 is 0 Å². The fourth-order valence-electron chi connectivity index (χ4n) is 2.37. The van der Waals surface area contributed by atoms with Gasteiger partial charge in [-0.1, -0.05) is 29.8 Å². The van der Waals surface area contributed by atoms with Crippen molar-refractivity contribution in [1.82, 2.24) is 4.90 Å². The van der Waals surface area contributed by atoms with Crippen molar-refractivity contribution in [1.29, 1.82) is 0 Å². The minimum atomic E-state index is 0.0169. The van der Waals surface area contributed by atoms with Gasteiger partial charge in [0.15, 0.2) is 0 Å². The number of hydrogen-bond acceptors (Lipinski definition) is 2. The highest BCUT2D eigenvalue weighted by Crippen LogP contribution is 2.50. The van der Waals surface area contributed by atoms with Crippen LogP contribution in [0.15, 0.2) is 24.3 Å². The molecule has 1 amide bonds. The maximum atomic E-state index is 12.2. The number of nitrogens with zero attached hydrogens (tertiary/aromatic N) is 1. The molecule has 2 rings (SSSR count). The van der Waals surface area contributed by atoms with Crippen LogP contribution in [0.3, 0.4) is 0 Å². The fraction of sp³-hybridized carbons (Fsp3) is 0.500. The maximum absolute atomic E-state index is 12.2. The summed E-state index contributed by atoms with van der Waals surface area (Å²) >= 11 is 6.14. The van der Waals surface area contributed by atoms with E-state index in [9.17, 15) is 4.79 Å². The van der Waals surface area contributed by atoms with Crippen LogP contribution in [0.25, 0.3) is 0 Å². The zero-order valence-electron chi connectivity index (χ0n) is 10.5. The molecule has 1 aliphatic rings. The molecule has 1 fully saturated rings. The highest BCUT2D eigenvalue weighted by Gasteiger charge is 2.46. The summed E-state index contributed by atoms with van der Waals surface area (Å²) in [5, 5.41) is 9.67. The van der Waals surface area contributed by atoms with Gasteiger partial charge in [0, 0.05) is 24.0 Å². The van der Waals surface area contributed by atoms with Crippen molar-refractivity contribution in [3.8, 4) is 0 Å². The third-order valence-corrected chi connectivity index (χ3v) is 3.82. The SMILES string of the molecule is CCN(CCO)C(=O)C1CC1c1ccccc1Cl. The van der Waals surface area contributed by atoms with Gasteiger partial charge in [-0.25, -0.2) is 0 Å². The first-order valence-corrected chi connectivity index (χ1v) is 6.70. The number of halogens is 1. The second-order valence-corrected chi connectivity index (χ2v) is 5.02. The summed E-state index contributed by atoms with van der Waals surface area (Å²) in [5.41, 5.74) is 1.07. The van der Waals surface area contributed by atoms with Crippen molar-refractivity contribution in [2.45, 2.75) is 19.3 Å². The van der Waals surface area contributed by atoms with Gasteiger partial charge in [0.1, 0.15) is 0 Å². The molecule has 0 saturated heterocycles. The van der Waals surface area contributed by atoms with Crippen LogP contribution in [0.5, 0.6) is 0 Å². The number of aliphatic hydroxyl groups excluding tert-OH is 1. The molecule has 1 N–H and O–H groups in total. The molecule has 18 heavy (non-hydrogen) atoms. The van der Waals surface area contributed by atoms with Gasteiger partial charge in [0.25, 0.3) is 0 Å². The van der Waals surface area contributed by atoms with Crippen molar-refractivity contribution >= 4 is 17.5 Å². The van der Waals surface area contributed by atoms with E-state index < -0.39 is 0 Å². The zero-order valence-corrected chi connectivity index (χ0v) is 11.2. The molecule has 0 bridgehead atoms. The number of amides is 1. The molecule has 3 nitrogen and oxygen atoms in total. The lowest BCUT2D eigenvalue weighted by atomic mass is 10.1. The van der Waals surface area contributed by atoms with Crippen molar-refractivity contribution < 1.29 is 9.90 Å². The number of likely N-dealkylation sites (N-methyl/N-ethyl adjacent to an activating group) is 1. The Kier molecular flexibility index (Phi) is 4.25. The molecular weight excluding hydrogens is 250 g/mol. The summed E-state index contributed by atoms with van der Waals surface area (Å²) in [7, 11) is 0. The quantitative estimate of drug-likeness (QED) is 0.889. The molecule has 2 atom stereocenters. The first-order valence-electron chi connectivity index (χ1n) is 6.33. The fourth-order valence-corrected chi connectivity index (χ4v) is 2.64. The van der Waals surface area contributed by atoms with Gasteiger partial charge in [-0.05, 0) is 30.9 Å². The molecule has 1 aromatic carbocycles. The maximum Gasteiger partial charge on any atom is 0.226 e. The monoisotopic (exact) mass is 267 g/mol. The Labute approximate surface area is 112 Å². The molecule has 0 spiro atoms. The third kappa shape index (κ3) is 2.68. The van der Waals surface area contributed by atoms with Crippen LogP contribution in [0.2, 0.25) is 5.02 Å². The van der Waals surface area contributed by atoms with E-state index in [1.54, 1.807) is 4.90 Å². The molecule has 1 saturated carbocycles. The van der Waals surface area contributed by atoms with Crippen LogP contribution >= 0.6 is 11.6 Å². The molecule has 0 heterocycles. The standard InChI is InChI=1S/C14H18ClNO2/c1-2-16(7-8-17)14(18)12-9-11(12)10-5-3-4-6-13(10)15/h3-6,11-12,17H,2,7-9H2,1H3.